The molecule has 4 nitrogen and oxygen atoms in total. The van der Waals surface area contributed by atoms with Gasteiger partial charge in [0.15, 0.2) is 0 Å². The Morgan fingerprint density at radius 3 is 1.00 bits per heavy atom. The van der Waals surface area contributed by atoms with Gasteiger partial charge in [-0.1, -0.05) is 36.4 Å². The molecule has 0 atom stereocenters. The Morgan fingerprint density at radius 2 is 0.800 bits per heavy atom. The van der Waals surface area contributed by atoms with E-state index in [0.29, 0.717) is 0 Å². The van der Waals surface area contributed by atoms with Crippen molar-refractivity contribution in [1.29, 1.82) is 0 Å². The van der Waals surface area contributed by atoms with Gasteiger partial charge in [0.1, 0.15) is 17.2 Å². The molecule has 25 heavy (non-hydrogen) atoms. The van der Waals surface area contributed by atoms with Gasteiger partial charge in [-0.15, -0.1) is 17.0 Å². The maximum atomic E-state index is 9.61. The van der Waals surface area contributed by atoms with Crippen LogP contribution in [0, 0.1) is 0 Å². The molecule has 0 saturated heterocycles. The van der Waals surface area contributed by atoms with Crippen LogP contribution in [0.1, 0.15) is 16.7 Å². The molecule has 3 aromatic carbocycles. The van der Waals surface area contributed by atoms with Crippen LogP contribution < -0.4 is 5.73 Å². The van der Waals surface area contributed by atoms with Crippen LogP contribution in [0.25, 0.3) is 0 Å². The Balaban J connectivity index is 0.00000225. The van der Waals surface area contributed by atoms with E-state index in [1.54, 1.807) is 36.4 Å². The van der Waals surface area contributed by atoms with Crippen molar-refractivity contribution in [2.45, 2.75) is 5.41 Å². The molecule has 0 spiro atoms. The molecule has 0 heterocycles. The van der Waals surface area contributed by atoms with Crippen molar-refractivity contribution in [3.05, 3.63) is 89.5 Å². The van der Waals surface area contributed by atoms with Crippen molar-refractivity contribution in [2.24, 2.45) is 5.73 Å². The highest BCUT2D eigenvalue weighted by Gasteiger charge is 2.35. The van der Waals surface area contributed by atoms with Crippen LogP contribution in [0.5, 0.6) is 17.2 Å². The lowest BCUT2D eigenvalue weighted by atomic mass is 9.69. The SMILES string of the molecule is Br.NCC(c1ccc(O)cc1)(c1ccc(O)cc1)c1ccc(O)cc1. The summed E-state index contributed by atoms with van der Waals surface area (Å²) in [5, 5.41) is 28.8. The summed E-state index contributed by atoms with van der Waals surface area (Å²) in [6.07, 6.45) is 0. The summed E-state index contributed by atoms with van der Waals surface area (Å²) in [5.41, 5.74) is 8.32. The molecular formula is C20H20BrNO3. The zero-order chi connectivity index (χ0) is 17.2. The van der Waals surface area contributed by atoms with Gasteiger partial charge in [-0.2, -0.15) is 0 Å². The number of halogens is 1. The fourth-order valence-electron chi connectivity index (χ4n) is 3.09. The van der Waals surface area contributed by atoms with Crippen molar-refractivity contribution in [3.63, 3.8) is 0 Å². The molecule has 0 aliphatic rings. The van der Waals surface area contributed by atoms with Gasteiger partial charge < -0.3 is 21.1 Å². The fourth-order valence-corrected chi connectivity index (χ4v) is 3.09. The highest BCUT2D eigenvalue weighted by atomic mass is 79.9. The van der Waals surface area contributed by atoms with Crippen molar-refractivity contribution in [2.75, 3.05) is 6.54 Å². The average molecular weight is 402 g/mol. The van der Waals surface area contributed by atoms with E-state index < -0.39 is 5.41 Å². The number of phenols is 3. The van der Waals surface area contributed by atoms with E-state index in [1.807, 2.05) is 36.4 Å². The van der Waals surface area contributed by atoms with Crippen molar-refractivity contribution >= 4 is 17.0 Å². The third-order valence-corrected chi connectivity index (χ3v) is 4.39. The molecule has 0 fully saturated rings. The van der Waals surface area contributed by atoms with E-state index in [-0.39, 0.29) is 40.8 Å². The molecule has 0 saturated carbocycles. The first-order valence-corrected chi connectivity index (χ1v) is 7.65. The number of hydrogen-bond acceptors (Lipinski definition) is 4. The van der Waals surface area contributed by atoms with Crippen LogP contribution in [-0.2, 0) is 5.41 Å². The van der Waals surface area contributed by atoms with Crippen LogP contribution in [-0.4, -0.2) is 21.9 Å². The minimum absolute atomic E-state index is 0. The number of hydrogen-bond donors (Lipinski definition) is 4. The van der Waals surface area contributed by atoms with E-state index in [2.05, 4.69) is 0 Å². The molecule has 0 radical (unpaired) electrons. The Labute approximate surface area is 157 Å². The van der Waals surface area contributed by atoms with Gasteiger partial charge in [-0.3, -0.25) is 0 Å². The first-order chi connectivity index (χ1) is 11.6. The van der Waals surface area contributed by atoms with Gasteiger partial charge in [0.25, 0.3) is 0 Å². The van der Waals surface area contributed by atoms with Crippen molar-refractivity contribution in [1.82, 2.24) is 0 Å². The zero-order valence-corrected chi connectivity index (χ0v) is 15.2. The summed E-state index contributed by atoms with van der Waals surface area (Å²) in [5.74, 6) is 0.545. The van der Waals surface area contributed by atoms with Crippen LogP contribution in [0.2, 0.25) is 0 Å². The molecular weight excluding hydrogens is 382 g/mol. The maximum Gasteiger partial charge on any atom is 0.115 e. The fraction of sp³-hybridized carbons (Fsp3) is 0.100. The zero-order valence-electron chi connectivity index (χ0n) is 13.5. The van der Waals surface area contributed by atoms with Crippen LogP contribution in [0.4, 0.5) is 0 Å². The molecule has 5 N–H and O–H groups in total. The number of rotatable bonds is 4. The van der Waals surface area contributed by atoms with E-state index in [0.717, 1.165) is 16.7 Å². The van der Waals surface area contributed by atoms with Gasteiger partial charge >= 0.3 is 0 Å². The minimum atomic E-state index is -0.658. The summed E-state index contributed by atoms with van der Waals surface area (Å²) < 4.78 is 0. The van der Waals surface area contributed by atoms with E-state index in [9.17, 15) is 15.3 Å². The van der Waals surface area contributed by atoms with E-state index in [4.69, 9.17) is 5.73 Å². The second-order valence-corrected chi connectivity index (χ2v) is 5.75. The number of nitrogens with two attached hydrogens (primary N) is 1. The average Bonchev–Trinajstić information content (AvgIpc) is 2.60. The van der Waals surface area contributed by atoms with Gasteiger partial charge in [-0.05, 0) is 53.1 Å². The third kappa shape index (κ3) is 3.48. The topological polar surface area (TPSA) is 86.7 Å². The summed E-state index contributed by atoms with van der Waals surface area (Å²) in [6.45, 7) is 0.285. The van der Waals surface area contributed by atoms with Crippen molar-refractivity contribution in [3.8, 4) is 17.2 Å². The number of benzene rings is 3. The molecule has 3 aromatic rings. The minimum Gasteiger partial charge on any atom is -0.508 e. The molecule has 0 amide bonds. The summed E-state index contributed by atoms with van der Waals surface area (Å²) >= 11 is 0. The second-order valence-electron chi connectivity index (χ2n) is 5.75. The predicted octanol–water partition coefficient (Wildman–Crippen LogP) is 3.67. The maximum absolute atomic E-state index is 9.61. The summed E-state index contributed by atoms with van der Waals surface area (Å²) in [4.78, 5) is 0. The normalized spacial score (nSPS) is 10.9. The Hall–Kier alpha value is -2.50. The van der Waals surface area contributed by atoms with Crippen LogP contribution in [0.3, 0.4) is 0 Å². The molecule has 0 aliphatic heterocycles. The van der Waals surface area contributed by atoms with Gasteiger partial charge in [0.2, 0.25) is 0 Å². The highest BCUT2D eigenvalue weighted by molar-refractivity contribution is 8.93. The monoisotopic (exact) mass is 401 g/mol. The third-order valence-electron chi connectivity index (χ3n) is 4.39. The molecule has 0 aromatic heterocycles. The molecule has 0 aliphatic carbocycles. The smallest absolute Gasteiger partial charge is 0.115 e. The largest absolute Gasteiger partial charge is 0.508 e. The molecule has 3 rings (SSSR count). The molecule has 0 unspecified atom stereocenters. The van der Waals surface area contributed by atoms with Gasteiger partial charge in [0.05, 0.1) is 5.41 Å². The second kappa shape index (κ2) is 7.59. The highest BCUT2D eigenvalue weighted by Crippen LogP contribution is 2.39. The summed E-state index contributed by atoms with van der Waals surface area (Å²) in [7, 11) is 0. The number of phenolic OH excluding ortho intramolecular Hbond substituents is 3. The van der Waals surface area contributed by atoms with Crippen LogP contribution >= 0.6 is 17.0 Å². The first kappa shape index (κ1) is 18.8. The molecule has 130 valence electrons. The van der Waals surface area contributed by atoms with E-state index in [1.165, 1.54) is 0 Å². The molecule has 0 bridgehead atoms. The van der Waals surface area contributed by atoms with Gasteiger partial charge in [0, 0.05) is 6.54 Å². The predicted molar refractivity (Wildman–Crippen MR) is 104 cm³/mol. The Bertz CT molecular complexity index is 704. The molecule has 5 heteroatoms. The lowest BCUT2D eigenvalue weighted by molar-refractivity contribution is 0.473. The first-order valence-electron chi connectivity index (χ1n) is 7.65. The number of aromatic hydroxyl groups is 3. The lowest BCUT2D eigenvalue weighted by Gasteiger charge is -2.35. The standard InChI is InChI=1S/C20H19NO3.BrH/c21-13-20(14-1-7-17(22)8-2-14,15-3-9-18(23)10-4-15)16-5-11-19(24)12-6-16;/h1-12,22-24H,13,21H2;1H. The quantitative estimate of drug-likeness (QED) is 0.502. The summed E-state index contributed by atoms with van der Waals surface area (Å²) in [6, 6.07) is 20.8. The van der Waals surface area contributed by atoms with Crippen LogP contribution in [0.15, 0.2) is 72.8 Å². The lowest BCUT2D eigenvalue weighted by Crippen LogP contribution is -2.37. The van der Waals surface area contributed by atoms with Crippen molar-refractivity contribution < 1.29 is 15.3 Å². The Kier molecular flexibility index (Phi) is 5.72. The Morgan fingerprint density at radius 1 is 0.560 bits per heavy atom. The van der Waals surface area contributed by atoms with Gasteiger partial charge in [-0.25, -0.2) is 0 Å². The van der Waals surface area contributed by atoms with E-state index >= 15 is 0 Å².